The largest absolute Gasteiger partial charge is 0.373 e. The predicted octanol–water partition coefficient (Wildman–Crippen LogP) is -1.16. The van der Waals surface area contributed by atoms with Crippen molar-refractivity contribution in [1.82, 2.24) is 19.8 Å². The highest BCUT2D eigenvalue weighted by atomic mass is 16.5. The summed E-state index contributed by atoms with van der Waals surface area (Å²) in [5.74, 6) is -0.0763. The number of hydrogen-bond donors (Lipinski definition) is 2. The second-order valence-electron chi connectivity index (χ2n) is 6.03. The summed E-state index contributed by atoms with van der Waals surface area (Å²) < 4.78 is 6.65. The smallest absolute Gasteiger partial charge is 0.328 e. The third-order valence-electron chi connectivity index (χ3n) is 3.83. The molecule has 0 spiro atoms. The lowest BCUT2D eigenvalue weighted by Crippen LogP contribution is -2.49. The van der Waals surface area contributed by atoms with Gasteiger partial charge in [0.2, 0.25) is 5.91 Å². The Balaban J connectivity index is 1.80. The van der Waals surface area contributed by atoms with Crippen LogP contribution in [0.3, 0.4) is 0 Å². The van der Waals surface area contributed by atoms with E-state index in [0.717, 1.165) is 17.7 Å². The van der Waals surface area contributed by atoms with Crippen LogP contribution in [0.4, 0.5) is 0 Å². The van der Waals surface area contributed by atoms with Gasteiger partial charge < -0.3 is 15.0 Å². The molecule has 128 valence electrons. The topological polar surface area (TPSA) is 96.4 Å². The number of nitrogens with zero attached hydrogens (tertiary/aromatic N) is 2. The van der Waals surface area contributed by atoms with E-state index in [1.165, 1.54) is 13.2 Å². The second kappa shape index (κ2) is 7.56. The van der Waals surface area contributed by atoms with E-state index in [4.69, 9.17) is 4.74 Å². The first-order valence-corrected chi connectivity index (χ1v) is 7.79. The number of aromatic nitrogens is 2. The van der Waals surface area contributed by atoms with Gasteiger partial charge in [0, 0.05) is 38.4 Å². The molecule has 2 N–H and O–H groups in total. The second-order valence-corrected chi connectivity index (χ2v) is 6.03. The Morgan fingerprint density at radius 3 is 2.65 bits per heavy atom. The highest BCUT2D eigenvalue weighted by molar-refractivity contribution is 5.78. The third-order valence-corrected chi connectivity index (χ3v) is 3.83. The maximum absolute atomic E-state index is 12.0. The van der Waals surface area contributed by atoms with Gasteiger partial charge in [-0.3, -0.25) is 19.1 Å². The van der Waals surface area contributed by atoms with Crippen molar-refractivity contribution in [3.05, 3.63) is 32.6 Å². The highest BCUT2D eigenvalue weighted by Crippen LogP contribution is 2.09. The zero-order valence-electron chi connectivity index (χ0n) is 13.8. The fourth-order valence-corrected chi connectivity index (χ4v) is 2.80. The van der Waals surface area contributed by atoms with E-state index in [2.05, 4.69) is 15.2 Å². The van der Waals surface area contributed by atoms with E-state index in [-0.39, 0.29) is 23.7 Å². The van der Waals surface area contributed by atoms with Crippen molar-refractivity contribution in [2.75, 3.05) is 26.2 Å². The maximum Gasteiger partial charge on any atom is 0.328 e. The summed E-state index contributed by atoms with van der Waals surface area (Å²) >= 11 is 0. The molecule has 1 aliphatic rings. The molecule has 1 amide bonds. The molecule has 1 saturated heterocycles. The standard InChI is InChI=1S/C15H24N4O4/c1-10-7-19(8-11(2)23-10)9-13(20)16-5-4-12-6-17-15(22)18(3)14(12)21/h6,10-11H,4-5,7-9H2,1-3H3,(H,16,20)(H,17,22)/t10-,11+. The summed E-state index contributed by atoms with van der Waals surface area (Å²) in [6.45, 7) is 6.13. The number of nitrogens with one attached hydrogen (secondary N) is 2. The molecule has 1 fully saturated rings. The summed E-state index contributed by atoms with van der Waals surface area (Å²) in [7, 11) is 1.42. The SMILES string of the molecule is C[C@@H]1CN(CC(=O)NCCc2c[nH]c(=O)n(C)c2=O)C[C@H](C)O1. The molecule has 2 heterocycles. The van der Waals surface area contributed by atoms with Crippen LogP contribution in [0.2, 0.25) is 0 Å². The Morgan fingerprint density at radius 1 is 1.35 bits per heavy atom. The number of aromatic amines is 1. The average Bonchev–Trinajstić information content (AvgIpc) is 2.46. The predicted molar refractivity (Wildman–Crippen MR) is 85.5 cm³/mol. The fraction of sp³-hybridized carbons (Fsp3) is 0.667. The van der Waals surface area contributed by atoms with Gasteiger partial charge in [0.25, 0.3) is 5.56 Å². The van der Waals surface area contributed by atoms with Crippen molar-refractivity contribution in [2.24, 2.45) is 7.05 Å². The van der Waals surface area contributed by atoms with E-state index in [1.54, 1.807) is 0 Å². The zero-order chi connectivity index (χ0) is 17.0. The maximum atomic E-state index is 12.0. The number of morpholine rings is 1. The molecule has 1 aromatic heterocycles. The fourth-order valence-electron chi connectivity index (χ4n) is 2.80. The zero-order valence-corrected chi connectivity index (χ0v) is 13.8. The van der Waals surface area contributed by atoms with E-state index in [0.29, 0.717) is 25.1 Å². The molecule has 0 radical (unpaired) electrons. The minimum Gasteiger partial charge on any atom is -0.373 e. The Kier molecular flexibility index (Phi) is 5.73. The van der Waals surface area contributed by atoms with Crippen LogP contribution in [0, 0.1) is 0 Å². The monoisotopic (exact) mass is 324 g/mol. The molecule has 8 heteroatoms. The Morgan fingerprint density at radius 2 is 2.00 bits per heavy atom. The molecule has 0 saturated carbocycles. The van der Waals surface area contributed by atoms with Crippen LogP contribution in [0.5, 0.6) is 0 Å². The number of ether oxygens (including phenoxy) is 1. The first-order chi connectivity index (χ1) is 10.9. The minimum atomic E-state index is -0.446. The number of amides is 1. The van der Waals surface area contributed by atoms with Gasteiger partial charge in [-0.05, 0) is 20.3 Å². The van der Waals surface area contributed by atoms with Crippen molar-refractivity contribution in [1.29, 1.82) is 0 Å². The summed E-state index contributed by atoms with van der Waals surface area (Å²) in [6, 6.07) is 0. The van der Waals surface area contributed by atoms with Gasteiger partial charge in [0.1, 0.15) is 0 Å². The van der Waals surface area contributed by atoms with Crippen LogP contribution in [0.15, 0.2) is 15.8 Å². The van der Waals surface area contributed by atoms with Crippen molar-refractivity contribution in [3.63, 3.8) is 0 Å². The van der Waals surface area contributed by atoms with Crippen LogP contribution in [-0.4, -0.2) is 58.7 Å². The molecule has 0 aromatic carbocycles. The summed E-state index contributed by atoms with van der Waals surface area (Å²) in [5.41, 5.74) is -0.307. The number of rotatable bonds is 5. The highest BCUT2D eigenvalue weighted by Gasteiger charge is 2.23. The van der Waals surface area contributed by atoms with Gasteiger partial charge in [-0.2, -0.15) is 0 Å². The molecule has 1 aromatic rings. The lowest BCUT2D eigenvalue weighted by atomic mass is 10.2. The van der Waals surface area contributed by atoms with Gasteiger partial charge in [-0.25, -0.2) is 4.79 Å². The Bertz CT molecular complexity index is 656. The van der Waals surface area contributed by atoms with Gasteiger partial charge in [0.15, 0.2) is 0 Å². The lowest BCUT2D eigenvalue weighted by Gasteiger charge is -2.34. The summed E-state index contributed by atoms with van der Waals surface area (Å²) in [6.07, 6.45) is 2.03. The number of carbonyl (C=O) groups is 1. The van der Waals surface area contributed by atoms with E-state index in [1.807, 2.05) is 13.8 Å². The van der Waals surface area contributed by atoms with Gasteiger partial charge in [-0.1, -0.05) is 0 Å². The van der Waals surface area contributed by atoms with E-state index >= 15 is 0 Å². The first kappa shape index (κ1) is 17.4. The minimum absolute atomic E-state index is 0.0763. The Labute approximate surface area is 134 Å². The molecule has 2 rings (SSSR count). The molecule has 8 nitrogen and oxygen atoms in total. The third kappa shape index (κ3) is 4.77. The van der Waals surface area contributed by atoms with Crippen LogP contribution < -0.4 is 16.6 Å². The quantitative estimate of drug-likeness (QED) is 0.712. The summed E-state index contributed by atoms with van der Waals surface area (Å²) in [4.78, 5) is 39.7. The van der Waals surface area contributed by atoms with Gasteiger partial charge in [0.05, 0.1) is 18.8 Å². The van der Waals surface area contributed by atoms with Crippen molar-refractivity contribution in [3.8, 4) is 0 Å². The number of hydrogen-bond acceptors (Lipinski definition) is 5. The molecule has 23 heavy (non-hydrogen) atoms. The summed E-state index contributed by atoms with van der Waals surface area (Å²) in [5, 5.41) is 2.81. The molecule has 0 aliphatic carbocycles. The Hall–Kier alpha value is -1.93. The van der Waals surface area contributed by atoms with Crippen LogP contribution in [0.1, 0.15) is 19.4 Å². The van der Waals surface area contributed by atoms with Crippen molar-refractivity contribution >= 4 is 5.91 Å². The first-order valence-electron chi connectivity index (χ1n) is 7.79. The van der Waals surface area contributed by atoms with Crippen LogP contribution in [0.25, 0.3) is 0 Å². The van der Waals surface area contributed by atoms with E-state index < -0.39 is 5.69 Å². The number of carbonyl (C=O) groups excluding carboxylic acids is 1. The molecule has 0 unspecified atom stereocenters. The molecular weight excluding hydrogens is 300 g/mol. The molecule has 0 bridgehead atoms. The average molecular weight is 324 g/mol. The van der Waals surface area contributed by atoms with Gasteiger partial charge in [-0.15, -0.1) is 0 Å². The number of H-pyrrole nitrogens is 1. The van der Waals surface area contributed by atoms with Crippen LogP contribution >= 0.6 is 0 Å². The van der Waals surface area contributed by atoms with Gasteiger partial charge >= 0.3 is 5.69 Å². The lowest BCUT2D eigenvalue weighted by molar-refractivity contribution is -0.125. The normalized spacial score (nSPS) is 22.0. The molecule has 1 aliphatic heterocycles. The van der Waals surface area contributed by atoms with Crippen LogP contribution in [-0.2, 0) is 23.0 Å². The van der Waals surface area contributed by atoms with Crippen molar-refractivity contribution < 1.29 is 9.53 Å². The molecule has 2 atom stereocenters. The van der Waals surface area contributed by atoms with E-state index in [9.17, 15) is 14.4 Å². The van der Waals surface area contributed by atoms with Crippen molar-refractivity contribution in [2.45, 2.75) is 32.5 Å². The molecular formula is C15H24N4O4.